The number of ether oxygens (including phenoxy) is 1. The summed E-state index contributed by atoms with van der Waals surface area (Å²) in [5.41, 5.74) is 5.11. The van der Waals surface area contributed by atoms with Crippen molar-refractivity contribution in [1.29, 1.82) is 0 Å². The summed E-state index contributed by atoms with van der Waals surface area (Å²) in [6, 6.07) is 15.1. The van der Waals surface area contributed by atoms with Crippen molar-refractivity contribution in [2.45, 2.75) is 33.4 Å². The summed E-state index contributed by atoms with van der Waals surface area (Å²) in [5, 5.41) is 3.23. The Morgan fingerprint density at radius 1 is 1.00 bits per heavy atom. The topological polar surface area (TPSA) is 21.3 Å². The molecule has 2 nitrogen and oxygen atoms in total. The van der Waals surface area contributed by atoms with E-state index >= 15 is 0 Å². The average Bonchev–Trinajstić information content (AvgIpc) is 2.48. The molecule has 0 bridgehead atoms. The molecule has 0 aromatic heterocycles. The Balaban J connectivity index is 1.98. The number of hydrogen-bond acceptors (Lipinski definition) is 2. The van der Waals surface area contributed by atoms with Crippen LogP contribution in [0.3, 0.4) is 0 Å². The van der Waals surface area contributed by atoms with Crippen LogP contribution in [0.1, 0.15) is 35.2 Å². The van der Waals surface area contributed by atoms with Gasteiger partial charge in [-0.2, -0.15) is 0 Å². The van der Waals surface area contributed by atoms with Crippen LogP contribution >= 0.6 is 0 Å². The molecule has 1 N–H and O–H groups in total. The smallest absolute Gasteiger partial charge is 0.119 e. The minimum Gasteiger partial charge on any atom is -0.489 e. The largest absolute Gasteiger partial charge is 0.489 e. The maximum absolute atomic E-state index is 5.83. The minimum atomic E-state index is 0.365. The van der Waals surface area contributed by atoms with E-state index in [0.29, 0.717) is 12.6 Å². The van der Waals surface area contributed by atoms with Gasteiger partial charge in [0, 0.05) is 6.04 Å². The molecule has 1 unspecified atom stereocenters. The molecular weight excluding hydrogens is 246 g/mol. The maximum Gasteiger partial charge on any atom is 0.119 e. The van der Waals surface area contributed by atoms with Gasteiger partial charge in [-0.1, -0.05) is 30.3 Å². The van der Waals surface area contributed by atoms with Crippen LogP contribution in [0.5, 0.6) is 5.75 Å². The molecule has 2 rings (SSSR count). The molecule has 1 atom stereocenters. The van der Waals surface area contributed by atoms with Gasteiger partial charge in [-0.3, -0.25) is 0 Å². The molecule has 106 valence electrons. The van der Waals surface area contributed by atoms with Gasteiger partial charge in [-0.25, -0.2) is 0 Å². The molecule has 0 saturated carbocycles. The van der Waals surface area contributed by atoms with E-state index in [4.69, 9.17) is 4.74 Å². The van der Waals surface area contributed by atoms with Crippen molar-refractivity contribution < 1.29 is 4.74 Å². The summed E-state index contributed by atoms with van der Waals surface area (Å²) in [5.74, 6) is 0.912. The van der Waals surface area contributed by atoms with Crippen molar-refractivity contribution >= 4 is 0 Å². The second kappa shape index (κ2) is 6.58. The Morgan fingerprint density at radius 2 is 1.70 bits per heavy atom. The average molecular weight is 269 g/mol. The summed E-state index contributed by atoms with van der Waals surface area (Å²) in [6.45, 7) is 7.02. The summed E-state index contributed by atoms with van der Waals surface area (Å²) in [6.07, 6.45) is 0. The third-order valence-corrected chi connectivity index (χ3v) is 3.79. The SMILES string of the molecule is CNC(C)c1ccc(OCc2ccc(C)c(C)c2)cc1. The van der Waals surface area contributed by atoms with Gasteiger partial charge in [0.05, 0.1) is 0 Å². The summed E-state index contributed by atoms with van der Waals surface area (Å²) >= 11 is 0. The van der Waals surface area contributed by atoms with Gasteiger partial charge in [0.1, 0.15) is 12.4 Å². The molecular formula is C18H23NO. The van der Waals surface area contributed by atoms with E-state index < -0.39 is 0 Å². The lowest BCUT2D eigenvalue weighted by atomic mass is 10.1. The lowest BCUT2D eigenvalue weighted by Gasteiger charge is -2.12. The summed E-state index contributed by atoms with van der Waals surface area (Å²) in [7, 11) is 1.97. The highest BCUT2D eigenvalue weighted by Crippen LogP contribution is 2.19. The predicted molar refractivity (Wildman–Crippen MR) is 84.2 cm³/mol. The van der Waals surface area contributed by atoms with Crippen molar-refractivity contribution in [3.63, 3.8) is 0 Å². The van der Waals surface area contributed by atoms with Crippen LogP contribution in [0.2, 0.25) is 0 Å². The molecule has 2 aromatic carbocycles. The second-order valence-electron chi connectivity index (χ2n) is 5.29. The Labute approximate surface area is 121 Å². The zero-order valence-corrected chi connectivity index (χ0v) is 12.7. The van der Waals surface area contributed by atoms with E-state index in [0.717, 1.165) is 5.75 Å². The number of aryl methyl sites for hydroxylation is 2. The van der Waals surface area contributed by atoms with Gasteiger partial charge in [-0.05, 0) is 62.2 Å². The van der Waals surface area contributed by atoms with Crippen LogP contribution in [0.4, 0.5) is 0 Å². The molecule has 0 amide bonds. The van der Waals surface area contributed by atoms with Gasteiger partial charge in [0.15, 0.2) is 0 Å². The Bertz CT molecular complexity index is 560. The monoisotopic (exact) mass is 269 g/mol. The molecule has 2 aromatic rings. The summed E-state index contributed by atoms with van der Waals surface area (Å²) in [4.78, 5) is 0. The molecule has 2 heteroatoms. The molecule has 0 aliphatic rings. The third kappa shape index (κ3) is 3.61. The maximum atomic E-state index is 5.83. The molecule has 0 spiro atoms. The second-order valence-corrected chi connectivity index (χ2v) is 5.29. The number of benzene rings is 2. The zero-order valence-electron chi connectivity index (χ0n) is 12.7. The molecule has 0 heterocycles. The van der Waals surface area contributed by atoms with Crippen molar-refractivity contribution in [3.8, 4) is 5.75 Å². The van der Waals surface area contributed by atoms with E-state index in [1.54, 1.807) is 0 Å². The van der Waals surface area contributed by atoms with Gasteiger partial charge in [0.2, 0.25) is 0 Å². The quantitative estimate of drug-likeness (QED) is 0.880. The van der Waals surface area contributed by atoms with Gasteiger partial charge >= 0.3 is 0 Å². The molecule has 0 radical (unpaired) electrons. The summed E-state index contributed by atoms with van der Waals surface area (Å²) < 4.78 is 5.83. The molecule has 0 aliphatic carbocycles. The van der Waals surface area contributed by atoms with Crippen LogP contribution in [-0.4, -0.2) is 7.05 Å². The minimum absolute atomic E-state index is 0.365. The van der Waals surface area contributed by atoms with Gasteiger partial charge in [0.25, 0.3) is 0 Å². The molecule has 0 aliphatic heterocycles. The standard InChI is InChI=1S/C18H23NO/c1-13-5-6-16(11-14(13)2)12-20-18-9-7-17(8-10-18)15(3)19-4/h5-11,15,19H,12H2,1-4H3. The molecule has 20 heavy (non-hydrogen) atoms. The van der Waals surface area contributed by atoms with Crippen LogP contribution in [0, 0.1) is 13.8 Å². The van der Waals surface area contributed by atoms with E-state index in [-0.39, 0.29) is 0 Å². The molecule has 0 saturated heterocycles. The van der Waals surface area contributed by atoms with Crippen molar-refractivity contribution in [3.05, 3.63) is 64.7 Å². The van der Waals surface area contributed by atoms with Crippen LogP contribution in [-0.2, 0) is 6.61 Å². The number of rotatable bonds is 5. The highest BCUT2D eigenvalue weighted by atomic mass is 16.5. The highest BCUT2D eigenvalue weighted by molar-refractivity contribution is 5.31. The third-order valence-electron chi connectivity index (χ3n) is 3.79. The zero-order chi connectivity index (χ0) is 14.5. The van der Waals surface area contributed by atoms with Crippen molar-refractivity contribution in [2.24, 2.45) is 0 Å². The fourth-order valence-electron chi connectivity index (χ4n) is 2.08. The predicted octanol–water partition coefficient (Wildman–Crippen LogP) is 4.16. The number of hydrogen-bond donors (Lipinski definition) is 1. The Kier molecular flexibility index (Phi) is 4.80. The van der Waals surface area contributed by atoms with E-state index in [1.807, 2.05) is 19.2 Å². The van der Waals surface area contributed by atoms with Crippen LogP contribution in [0.15, 0.2) is 42.5 Å². The van der Waals surface area contributed by atoms with Crippen molar-refractivity contribution in [2.75, 3.05) is 7.05 Å². The van der Waals surface area contributed by atoms with Gasteiger partial charge < -0.3 is 10.1 Å². The lowest BCUT2D eigenvalue weighted by molar-refractivity contribution is 0.306. The van der Waals surface area contributed by atoms with Gasteiger partial charge in [-0.15, -0.1) is 0 Å². The van der Waals surface area contributed by atoms with Crippen LogP contribution in [0.25, 0.3) is 0 Å². The lowest BCUT2D eigenvalue weighted by Crippen LogP contribution is -2.11. The fourth-order valence-corrected chi connectivity index (χ4v) is 2.08. The first-order valence-electron chi connectivity index (χ1n) is 7.06. The van der Waals surface area contributed by atoms with E-state index in [1.165, 1.54) is 22.3 Å². The first-order valence-corrected chi connectivity index (χ1v) is 7.06. The Hall–Kier alpha value is -1.80. The highest BCUT2D eigenvalue weighted by Gasteiger charge is 2.03. The van der Waals surface area contributed by atoms with E-state index in [2.05, 4.69) is 56.4 Å². The fraction of sp³-hybridized carbons (Fsp3) is 0.333. The van der Waals surface area contributed by atoms with E-state index in [9.17, 15) is 0 Å². The molecule has 0 fully saturated rings. The number of nitrogens with one attached hydrogen (secondary N) is 1. The first-order chi connectivity index (χ1) is 9.60. The Morgan fingerprint density at radius 3 is 2.30 bits per heavy atom. The normalized spacial score (nSPS) is 12.2. The van der Waals surface area contributed by atoms with Crippen LogP contribution < -0.4 is 10.1 Å². The first kappa shape index (κ1) is 14.6. The van der Waals surface area contributed by atoms with Crippen molar-refractivity contribution in [1.82, 2.24) is 5.32 Å².